The number of aliphatic carboxylic acids is 1. The molecule has 0 amide bonds. The molecular weight excluding hydrogens is 512 g/mol. The fourth-order valence-electron chi connectivity index (χ4n) is 6.83. The lowest BCUT2D eigenvalue weighted by molar-refractivity contribution is -0.139. The van der Waals surface area contributed by atoms with Crippen molar-refractivity contribution in [3.63, 3.8) is 0 Å². The summed E-state index contributed by atoms with van der Waals surface area (Å²) < 4.78 is 63.1. The number of alkyl halides is 3. The number of pyridine rings is 1. The molecule has 1 N–H and O–H groups in total. The van der Waals surface area contributed by atoms with E-state index in [1.807, 2.05) is 18.7 Å². The summed E-state index contributed by atoms with van der Waals surface area (Å²) in [6, 6.07) is 9.65. The number of likely N-dealkylation sites (N-methyl/N-ethyl adjacent to an activating group) is 1. The normalized spacial score (nSPS) is 25.0. The number of hydrogen-bond donors (Lipinski definition) is 1. The molecular formula is C30H28F4N2O3. The van der Waals surface area contributed by atoms with Crippen LogP contribution in [0.3, 0.4) is 0 Å². The lowest BCUT2D eigenvalue weighted by Gasteiger charge is -2.44. The first-order chi connectivity index (χ1) is 18.4. The quantitative estimate of drug-likeness (QED) is 0.396. The second-order valence-corrected chi connectivity index (χ2v) is 11.6. The zero-order valence-corrected chi connectivity index (χ0v) is 21.7. The number of aromatic nitrogens is 1. The fourth-order valence-corrected chi connectivity index (χ4v) is 6.83. The first-order valence-corrected chi connectivity index (χ1v) is 12.9. The average molecular weight is 541 g/mol. The Kier molecular flexibility index (Phi) is 5.81. The van der Waals surface area contributed by atoms with Crippen LogP contribution in [0.25, 0.3) is 0 Å². The standard InChI is InChI=1S/C30H28F4N2O3/c1-29(2)14-36(3)27(17-6-4-5-7-21(17)30(32,33)34)18-9-16(23(31)11-22(18)29)13-39-24-10-15-8-19-25(20(15)12-35-24)26(19)28(37)38/h4-7,9-12,19,25-27H,8,13-14H2,1-3H3,(H,37,38)/t19?,25?,26?,27-/m1/s1. The number of halogens is 4. The van der Waals surface area contributed by atoms with Gasteiger partial charge < -0.3 is 9.84 Å². The van der Waals surface area contributed by atoms with Crippen LogP contribution >= 0.6 is 0 Å². The lowest BCUT2D eigenvalue weighted by Crippen LogP contribution is -2.44. The minimum atomic E-state index is -4.53. The van der Waals surface area contributed by atoms with Crippen LogP contribution in [-0.2, 0) is 29.4 Å². The molecule has 2 aliphatic carbocycles. The number of carbonyl (C=O) groups is 1. The smallest absolute Gasteiger partial charge is 0.416 e. The first-order valence-electron chi connectivity index (χ1n) is 12.9. The molecule has 6 rings (SSSR count). The van der Waals surface area contributed by atoms with Crippen LogP contribution in [-0.4, -0.2) is 34.6 Å². The fraction of sp³-hybridized carbons (Fsp3) is 0.400. The van der Waals surface area contributed by atoms with Gasteiger partial charge in [-0.15, -0.1) is 0 Å². The maximum absolute atomic E-state index is 15.4. The highest BCUT2D eigenvalue weighted by Gasteiger charge is 2.60. The minimum absolute atomic E-state index is 0.00556. The number of carboxylic acids is 1. The van der Waals surface area contributed by atoms with Crippen LogP contribution in [0.1, 0.15) is 64.8 Å². The molecule has 0 bridgehead atoms. The highest BCUT2D eigenvalue weighted by Crippen LogP contribution is 2.61. The molecule has 3 unspecified atom stereocenters. The Bertz CT molecular complexity index is 1490. The van der Waals surface area contributed by atoms with Crippen LogP contribution in [0.5, 0.6) is 5.88 Å². The van der Waals surface area contributed by atoms with E-state index >= 15 is 4.39 Å². The second-order valence-electron chi connectivity index (χ2n) is 11.6. The van der Waals surface area contributed by atoms with E-state index in [1.165, 1.54) is 18.2 Å². The van der Waals surface area contributed by atoms with Crippen LogP contribution in [0.15, 0.2) is 48.7 Å². The second kappa shape index (κ2) is 8.78. The largest absolute Gasteiger partial charge is 0.481 e. The Balaban J connectivity index is 1.32. The van der Waals surface area contributed by atoms with Gasteiger partial charge in [-0.3, -0.25) is 9.69 Å². The molecule has 2 aromatic carbocycles. The average Bonchev–Trinajstić information content (AvgIpc) is 3.45. The van der Waals surface area contributed by atoms with E-state index < -0.39 is 35.0 Å². The van der Waals surface area contributed by atoms with Crippen molar-refractivity contribution in [2.45, 2.75) is 50.4 Å². The summed E-state index contributed by atoms with van der Waals surface area (Å²) in [6.07, 6.45) is -2.24. The van der Waals surface area contributed by atoms with Crippen molar-refractivity contribution in [3.05, 3.63) is 93.4 Å². The summed E-state index contributed by atoms with van der Waals surface area (Å²) in [4.78, 5) is 17.5. The SMILES string of the molecule is CN1CC(C)(C)c2cc(F)c(COc3cc4c(cn3)C3C(C4)C3C(=O)O)cc2[C@H]1c1ccccc1C(F)(F)F. The molecule has 1 aromatic heterocycles. The van der Waals surface area contributed by atoms with Crippen LogP contribution in [0, 0.1) is 17.7 Å². The summed E-state index contributed by atoms with van der Waals surface area (Å²) >= 11 is 0. The summed E-state index contributed by atoms with van der Waals surface area (Å²) in [7, 11) is 1.79. The Labute approximate surface area is 223 Å². The van der Waals surface area contributed by atoms with Crippen LogP contribution < -0.4 is 4.74 Å². The third-order valence-corrected chi connectivity index (χ3v) is 8.53. The van der Waals surface area contributed by atoms with Gasteiger partial charge in [-0.25, -0.2) is 9.37 Å². The number of fused-ring (bicyclic) bond motifs is 4. The summed E-state index contributed by atoms with van der Waals surface area (Å²) in [5, 5.41) is 9.32. The van der Waals surface area contributed by atoms with Crippen molar-refractivity contribution < 1.29 is 32.2 Å². The number of nitrogens with zero attached hydrogens (tertiary/aromatic N) is 2. The van der Waals surface area contributed by atoms with Gasteiger partial charge in [0, 0.05) is 35.7 Å². The van der Waals surface area contributed by atoms with Gasteiger partial charge in [0.1, 0.15) is 12.4 Å². The molecule has 1 fully saturated rings. The van der Waals surface area contributed by atoms with Gasteiger partial charge in [0.05, 0.1) is 17.5 Å². The maximum Gasteiger partial charge on any atom is 0.416 e. The van der Waals surface area contributed by atoms with E-state index in [0.29, 0.717) is 30.0 Å². The van der Waals surface area contributed by atoms with E-state index in [2.05, 4.69) is 4.98 Å². The maximum atomic E-state index is 15.4. The van der Waals surface area contributed by atoms with E-state index in [0.717, 1.165) is 17.2 Å². The molecule has 3 aromatic rings. The van der Waals surface area contributed by atoms with Crippen molar-refractivity contribution in [1.82, 2.24) is 9.88 Å². The van der Waals surface area contributed by atoms with E-state index in [-0.39, 0.29) is 35.5 Å². The van der Waals surface area contributed by atoms with Crippen molar-refractivity contribution in [2.24, 2.45) is 11.8 Å². The van der Waals surface area contributed by atoms with Crippen molar-refractivity contribution in [1.29, 1.82) is 0 Å². The Morgan fingerprint density at radius 2 is 1.90 bits per heavy atom. The van der Waals surface area contributed by atoms with Crippen molar-refractivity contribution in [3.8, 4) is 5.88 Å². The number of hydrogen-bond acceptors (Lipinski definition) is 4. The Morgan fingerprint density at radius 1 is 1.15 bits per heavy atom. The summed E-state index contributed by atoms with van der Waals surface area (Å²) in [5.41, 5.74) is 2.37. The zero-order valence-electron chi connectivity index (χ0n) is 21.7. The van der Waals surface area contributed by atoms with E-state index in [4.69, 9.17) is 4.74 Å². The summed E-state index contributed by atoms with van der Waals surface area (Å²) in [5.74, 6) is -1.24. The zero-order chi connectivity index (χ0) is 27.9. The van der Waals surface area contributed by atoms with Gasteiger partial charge in [0.2, 0.25) is 5.88 Å². The van der Waals surface area contributed by atoms with E-state index in [9.17, 15) is 23.1 Å². The van der Waals surface area contributed by atoms with Crippen molar-refractivity contribution in [2.75, 3.05) is 13.6 Å². The number of benzene rings is 2. The van der Waals surface area contributed by atoms with Gasteiger partial charge in [-0.2, -0.15) is 13.2 Å². The highest BCUT2D eigenvalue weighted by atomic mass is 19.4. The molecule has 0 radical (unpaired) electrons. The molecule has 204 valence electrons. The molecule has 4 atom stereocenters. The number of ether oxygens (including phenoxy) is 1. The molecule has 1 saturated carbocycles. The predicted octanol–water partition coefficient (Wildman–Crippen LogP) is 6.10. The third kappa shape index (κ3) is 4.27. The number of rotatable bonds is 5. The molecule has 9 heteroatoms. The van der Waals surface area contributed by atoms with Gasteiger partial charge >= 0.3 is 12.1 Å². The third-order valence-electron chi connectivity index (χ3n) is 8.53. The topological polar surface area (TPSA) is 62.7 Å². The Hall–Kier alpha value is -3.46. The van der Waals surface area contributed by atoms with Crippen molar-refractivity contribution >= 4 is 5.97 Å². The molecule has 0 saturated heterocycles. The van der Waals surface area contributed by atoms with Gasteiger partial charge in [-0.1, -0.05) is 32.0 Å². The van der Waals surface area contributed by atoms with Crippen LogP contribution in [0.2, 0.25) is 0 Å². The molecule has 3 aliphatic rings. The first kappa shape index (κ1) is 25.8. The predicted molar refractivity (Wildman–Crippen MR) is 135 cm³/mol. The van der Waals surface area contributed by atoms with E-state index in [1.54, 1.807) is 31.4 Å². The highest BCUT2D eigenvalue weighted by molar-refractivity contribution is 5.77. The lowest BCUT2D eigenvalue weighted by atomic mass is 9.73. The van der Waals surface area contributed by atoms with Crippen LogP contribution in [0.4, 0.5) is 17.6 Å². The molecule has 5 nitrogen and oxygen atoms in total. The molecule has 1 aliphatic heterocycles. The van der Waals surface area contributed by atoms with Gasteiger partial charge in [-0.05, 0) is 65.4 Å². The molecule has 39 heavy (non-hydrogen) atoms. The summed E-state index contributed by atoms with van der Waals surface area (Å²) in [6.45, 7) is 4.22. The minimum Gasteiger partial charge on any atom is -0.481 e. The molecule has 2 heterocycles. The number of carboxylic acid groups (broad SMARTS) is 1. The van der Waals surface area contributed by atoms with Gasteiger partial charge in [0.15, 0.2) is 0 Å². The monoisotopic (exact) mass is 540 g/mol. The van der Waals surface area contributed by atoms with Gasteiger partial charge in [0.25, 0.3) is 0 Å². The molecule has 0 spiro atoms. The Morgan fingerprint density at radius 3 is 2.62 bits per heavy atom.